The van der Waals surface area contributed by atoms with Gasteiger partial charge in [-0.05, 0) is 17.7 Å². The Morgan fingerprint density at radius 2 is 1.95 bits per heavy atom. The van der Waals surface area contributed by atoms with Crippen LogP contribution in [-0.4, -0.2) is 35.0 Å². The van der Waals surface area contributed by atoms with Gasteiger partial charge in [-0.25, -0.2) is 5.90 Å². The van der Waals surface area contributed by atoms with Crippen LogP contribution in [0.1, 0.15) is 5.56 Å². The second-order valence-corrected chi connectivity index (χ2v) is 4.82. The number of carbonyl (C=O) groups is 2. The minimum absolute atomic E-state index is 0.143. The number of rotatable bonds is 6. The molecule has 2 N–H and O–H groups in total. The summed E-state index contributed by atoms with van der Waals surface area (Å²) in [5.41, 5.74) is 0.881. The molecule has 0 atom stereocenters. The van der Waals surface area contributed by atoms with Crippen LogP contribution in [0.5, 0.6) is 5.75 Å². The molecule has 0 radical (unpaired) electrons. The maximum atomic E-state index is 11.5. The molecule has 1 fully saturated rings. The first-order valence-corrected chi connectivity index (χ1v) is 6.70. The highest BCUT2D eigenvalue weighted by Crippen LogP contribution is 2.22. The molecule has 19 heavy (non-hydrogen) atoms. The van der Waals surface area contributed by atoms with Crippen LogP contribution in [0.15, 0.2) is 24.3 Å². The molecule has 7 heteroatoms. The maximum absolute atomic E-state index is 11.5. The number of benzene rings is 1. The van der Waals surface area contributed by atoms with Gasteiger partial charge in [0.1, 0.15) is 19.0 Å². The van der Waals surface area contributed by atoms with E-state index in [-0.39, 0.29) is 16.9 Å². The van der Waals surface area contributed by atoms with Gasteiger partial charge in [0.2, 0.25) is 5.91 Å². The number of ether oxygens (including phenoxy) is 1. The Labute approximate surface area is 114 Å². The topological polar surface area (TPSA) is 81.9 Å². The standard InChI is InChI=1S/C12H14N2O4S/c13-18-6-5-17-10-3-1-9(2-4-10)7-14-11(15)8-19-12(14)16/h1-4H,5-8,13H2. The van der Waals surface area contributed by atoms with E-state index in [1.807, 2.05) is 12.1 Å². The van der Waals surface area contributed by atoms with Gasteiger partial charge < -0.3 is 9.57 Å². The number of amides is 2. The molecule has 0 aliphatic carbocycles. The summed E-state index contributed by atoms with van der Waals surface area (Å²) < 4.78 is 5.36. The second kappa shape index (κ2) is 6.55. The van der Waals surface area contributed by atoms with Crippen molar-refractivity contribution in [3.63, 3.8) is 0 Å². The van der Waals surface area contributed by atoms with Gasteiger partial charge in [-0.3, -0.25) is 14.5 Å². The summed E-state index contributed by atoms with van der Waals surface area (Å²) in [7, 11) is 0. The van der Waals surface area contributed by atoms with Gasteiger partial charge in [-0.2, -0.15) is 0 Å². The molecule has 1 aromatic carbocycles. The Morgan fingerprint density at radius 3 is 2.53 bits per heavy atom. The summed E-state index contributed by atoms with van der Waals surface area (Å²) in [6.07, 6.45) is 0. The Balaban J connectivity index is 1.91. The molecular formula is C12H14N2O4S. The van der Waals surface area contributed by atoms with Crippen molar-refractivity contribution in [3.05, 3.63) is 29.8 Å². The van der Waals surface area contributed by atoms with Gasteiger partial charge in [0.25, 0.3) is 5.24 Å². The quantitative estimate of drug-likeness (QED) is 0.622. The number of hydrogen-bond donors (Lipinski definition) is 1. The average molecular weight is 282 g/mol. The van der Waals surface area contributed by atoms with Crippen LogP contribution in [0.4, 0.5) is 4.79 Å². The molecule has 1 aliphatic rings. The van der Waals surface area contributed by atoms with E-state index >= 15 is 0 Å². The molecule has 0 spiro atoms. The van der Waals surface area contributed by atoms with Gasteiger partial charge in [-0.1, -0.05) is 23.9 Å². The highest BCUT2D eigenvalue weighted by molar-refractivity contribution is 8.14. The van der Waals surface area contributed by atoms with E-state index in [1.54, 1.807) is 12.1 Å². The van der Waals surface area contributed by atoms with Crippen LogP contribution in [0.3, 0.4) is 0 Å². The monoisotopic (exact) mass is 282 g/mol. The van der Waals surface area contributed by atoms with Gasteiger partial charge in [0, 0.05) is 0 Å². The zero-order valence-electron chi connectivity index (χ0n) is 10.2. The molecule has 1 aromatic rings. The smallest absolute Gasteiger partial charge is 0.289 e. The molecule has 2 rings (SSSR count). The highest BCUT2D eigenvalue weighted by Gasteiger charge is 2.29. The largest absolute Gasteiger partial charge is 0.491 e. The van der Waals surface area contributed by atoms with Crippen molar-refractivity contribution in [2.75, 3.05) is 19.0 Å². The van der Waals surface area contributed by atoms with Crippen LogP contribution in [0.25, 0.3) is 0 Å². The minimum atomic E-state index is -0.189. The maximum Gasteiger partial charge on any atom is 0.289 e. The van der Waals surface area contributed by atoms with E-state index in [9.17, 15) is 9.59 Å². The van der Waals surface area contributed by atoms with E-state index in [0.717, 1.165) is 17.3 Å². The van der Waals surface area contributed by atoms with Gasteiger partial charge in [-0.15, -0.1) is 0 Å². The van der Waals surface area contributed by atoms with Gasteiger partial charge >= 0.3 is 0 Å². The normalized spacial score (nSPS) is 15.1. The molecule has 2 amide bonds. The molecule has 102 valence electrons. The van der Waals surface area contributed by atoms with Crippen LogP contribution < -0.4 is 10.6 Å². The van der Waals surface area contributed by atoms with Crippen molar-refractivity contribution in [2.45, 2.75) is 6.54 Å². The molecule has 0 aromatic heterocycles. The van der Waals surface area contributed by atoms with Gasteiger partial charge in [0.15, 0.2) is 0 Å². The van der Waals surface area contributed by atoms with Crippen LogP contribution in [-0.2, 0) is 16.2 Å². The third-order valence-corrected chi connectivity index (χ3v) is 3.43. The lowest BCUT2D eigenvalue weighted by atomic mass is 10.2. The summed E-state index contributed by atoms with van der Waals surface area (Å²) in [4.78, 5) is 28.6. The molecule has 0 saturated carbocycles. The summed E-state index contributed by atoms with van der Waals surface area (Å²) in [6.45, 7) is 0.988. The van der Waals surface area contributed by atoms with Crippen LogP contribution in [0.2, 0.25) is 0 Å². The lowest BCUT2D eigenvalue weighted by molar-refractivity contribution is -0.125. The molecule has 1 heterocycles. The summed E-state index contributed by atoms with van der Waals surface area (Å²) in [6, 6.07) is 7.21. The van der Waals surface area contributed by atoms with Crippen molar-refractivity contribution < 1.29 is 19.2 Å². The predicted molar refractivity (Wildman–Crippen MR) is 70.5 cm³/mol. The first-order valence-electron chi connectivity index (χ1n) is 5.71. The van der Waals surface area contributed by atoms with E-state index in [4.69, 9.17) is 10.6 Å². The molecule has 6 nitrogen and oxygen atoms in total. The van der Waals surface area contributed by atoms with E-state index < -0.39 is 0 Å². The average Bonchev–Trinajstić information content (AvgIpc) is 2.73. The van der Waals surface area contributed by atoms with Gasteiger partial charge in [0.05, 0.1) is 12.3 Å². The lowest BCUT2D eigenvalue weighted by Crippen LogP contribution is -2.27. The fourth-order valence-corrected chi connectivity index (χ4v) is 2.34. The molecule has 1 saturated heterocycles. The number of hydrogen-bond acceptors (Lipinski definition) is 6. The number of nitrogens with zero attached hydrogens (tertiary/aromatic N) is 1. The van der Waals surface area contributed by atoms with Crippen molar-refractivity contribution in [3.8, 4) is 5.75 Å². The van der Waals surface area contributed by atoms with Crippen molar-refractivity contribution in [2.24, 2.45) is 5.90 Å². The third-order valence-electron chi connectivity index (χ3n) is 2.57. The second-order valence-electron chi connectivity index (χ2n) is 3.90. The molecule has 0 bridgehead atoms. The first-order chi connectivity index (χ1) is 9.20. The summed E-state index contributed by atoms with van der Waals surface area (Å²) in [5.74, 6) is 5.66. The summed E-state index contributed by atoms with van der Waals surface area (Å²) >= 11 is 1.04. The van der Waals surface area contributed by atoms with Crippen LogP contribution in [0, 0.1) is 0 Å². The molecule has 1 aliphatic heterocycles. The van der Waals surface area contributed by atoms with Crippen molar-refractivity contribution >= 4 is 22.9 Å². The fourth-order valence-electron chi connectivity index (χ4n) is 1.62. The highest BCUT2D eigenvalue weighted by atomic mass is 32.2. The van der Waals surface area contributed by atoms with Crippen molar-refractivity contribution in [1.82, 2.24) is 4.90 Å². The Kier molecular flexibility index (Phi) is 4.78. The molecule has 0 unspecified atom stereocenters. The van der Waals surface area contributed by atoms with E-state index in [2.05, 4.69) is 4.84 Å². The number of thioether (sulfide) groups is 1. The number of carbonyl (C=O) groups excluding carboxylic acids is 2. The zero-order valence-corrected chi connectivity index (χ0v) is 11.0. The SMILES string of the molecule is NOCCOc1ccc(CN2C(=O)CSC2=O)cc1. The molecular weight excluding hydrogens is 268 g/mol. The summed E-state index contributed by atoms with van der Waals surface area (Å²) in [5, 5.41) is -0.189. The first kappa shape index (κ1) is 13.9. The zero-order chi connectivity index (χ0) is 13.7. The minimum Gasteiger partial charge on any atom is -0.491 e. The Morgan fingerprint density at radius 1 is 1.21 bits per heavy atom. The number of imide groups is 1. The lowest BCUT2D eigenvalue weighted by Gasteiger charge is -2.13. The predicted octanol–water partition coefficient (Wildman–Crippen LogP) is 1.15. The number of nitrogens with two attached hydrogens (primary N) is 1. The Hall–Kier alpha value is -1.57. The van der Waals surface area contributed by atoms with E-state index in [0.29, 0.717) is 25.5 Å². The van der Waals surface area contributed by atoms with Crippen LogP contribution >= 0.6 is 11.8 Å². The van der Waals surface area contributed by atoms with E-state index in [1.165, 1.54) is 4.90 Å². The fraction of sp³-hybridized carbons (Fsp3) is 0.333. The third kappa shape index (κ3) is 3.69. The van der Waals surface area contributed by atoms with Crippen molar-refractivity contribution in [1.29, 1.82) is 0 Å². The Bertz CT molecular complexity index is 447.